The van der Waals surface area contributed by atoms with E-state index in [0.717, 1.165) is 11.1 Å². The van der Waals surface area contributed by atoms with Crippen LogP contribution in [0.15, 0.2) is 88.8 Å². The molecule has 4 rings (SSSR count). The number of benzodiazepines with no additional fused rings is 1. The van der Waals surface area contributed by atoms with Gasteiger partial charge in [-0.1, -0.05) is 80.0 Å². The van der Waals surface area contributed by atoms with Crippen LogP contribution < -0.4 is 14.9 Å². The van der Waals surface area contributed by atoms with Crippen LogP contribution in [0.5, 0.6) is 0 Å². The molecule has 0 spiro atoms. The number of aliphatic imine (C=N–C) groups is 1. The van der Waals surface area contributed by atoms with Crippen LogP contribution in [0.2, 0.25) is 5.02 Å². The molecule has 38 heavy (non-hydrogen) atoms. The molecule has 10 heteroatoms. The number of hydrogen-bond donors (Lipinski definition) is 2. The molecule has 0 saturated carbocycles. The number of halogens is 1. The zero-order valence-corrected chi connectivity index (χ0v) is 22.8. The molecule has 3 aromatic rings. The monoisotopic (exact) mass is 552 g/mol. The van der Waals surface area contributed by atoms with E-state index >= 15 is 0 Å². The molecule has 0 aromatic heterocycles. The number of sulfonamides is 1. The van der Waals surface area contributed by atoms with Gasteiger partial charge in [-0.05, 0) is 36.6 Å². The van der Waals surface area contributed by atoms with Crippen LogP contribution in [-0.2, 0) is 19.6 Å². The lowest BCUT2D eigenvalue weighted by Crippen LogP contribution is -2.53. The van der Waals surface area contributed by atoms with Crippen molar-refractivity contribution >= 4 is 44.8 Å². The molecule has 3 aromatic carbocycles. The summed E-state index contributed by atoms with van der Waals surface area (Å²) in [6.45, 7) is 3.75. The minimum atomic E-state index is -4.07. The van der Waals surface area contributed by atoms with Crippen LogP contribution in [0.4, 0.5) is 5.69 Å². The number of carbonyl (C=O) groups is 2. The number of nitrogens with zero attached hydrogens (tertiary/aromatic N) is 2. The van der Waals surface area contributed by atoms with Crippen LogP contribution >= 0.6 is 11.6 Å². The summed E-state index contributed by atoms with van der Waals surface area (Å²) in [6, 6.07) is 21.4. The first-order chi connectivity index (χ1) is 18.1. The molecule has 2 unspecified atom stereocenters. The number of amides is 2. The Hall–Kier alpha value is -3.53. The van der Waals surface area contributed by atoms with Gasteiger partial charge >= 0.3 is 0 Å². The smallest absolute Gasteiger partial charge is 0.272 e. The second-order valence-electron chi connectivity index (χ2n) is 9.43. The van der Waals surface area contributed by atoms with Gasteiger partial charge in [-0.25, -0.2) is 13.4 Å². The number of carbonyl (C=O) groups excluding carboxylic acids is 2. The number of anilines is 1. The quantitative estimate of drug-likeness (QED) is 0.440. The van der Waals surface area contributed by atoms with Crippen LogP contribution in [0.25, 0.3) is 0 Å². The maximum atomic E-state index is 13.5. The predicted octanol–water partition coefficient (Wildman–Crippen LogP) is 3.99. The third-order valence-corrected chi connectivity index (χ3v) is 7.80. The van der Waals surface area contributed by atoms with E-state index in [1.807, 2.05) is 68.4 Å². The van der Waals surface area contributed by atoms with E-state index in [0.29, 0.717) is 11.4 Å². The van der Waals surface area contributed by atoms with E-state index < -0.39 is 34.0 Å². The number of hydrogen-bond acceptors (Lipinski definition) is 5. The molecule has 198 valence electrons. The molecule has 0 bridgehead atoms. The van der Waals surface area contributed by atoms with E-state index in [2.05, 4.69) is 15.0 Å². The molecular weight excluding hydrogens is 524 g/mol. The Bertz CT molecular complexity index is 1470. The number of nitrogens with one attached hydrogen (secondary N) is 2. The second-order valence-corrected chi connectivity index (χ2v) is 11.6. The topological polar surface area (TPSA) is 108 Å². The second kappa shape index (κ2) is 11.5. The fourth-order valence-corrected chi connectivity index (χ4v) is 5.76. The summed E-state index contributed by atoms with van der Waals surface area (Å²) >= 11 is 5.98. The lowest BCUT2D eigenvalue weighted by molar-refractivity contribution is -0.128. The van der Waals surface area contributed by atoms with Gasteiger partial charge in [0, 0.05) is 23.2 Å². The summed E-state index contributed by atoms with van der Waals surface area (Å²) in [5, 5.41) is 2.95. The third-order valence-electron chi connectivity index (χ3n) is 6.10. The standard InChI is InChI=1S/C28H29ClN4O4S/c1-18(2)16-23(32-38(36,37)21-13-9-12-20(29)17-21)27(34)31-26-28(35)33(3)24-15-8-7-14-22(24)25(30-26)19-10-5-4-6-11-19/h4-15,17-18,23,26,32H,16H2,1-3H3,(H,31,34). The van der Waals surface area contributed by atoms with E-state index in [4.69, 9.17) is 11.6 Å². The lowest BCUT2D eigenvalue weighted by atomic mass is 10.0. The number of fused-ring (bicyclic) bond motifs is 1. The highest BCUT2D eigenvalue weighted by atomic mass is 35.5. The zero-order valence-electron chi connectivity index (χ0n) is 21.3. The maximum absolute atomic E-state index is 13.5. The summed E-state index contributed by atoms with van der Waals surface area (Å²) in [7, 11) is -2.45. The van der Waals surface area contributed by atoms with Gasteiger partial charge in [0.1, 0.15) is 6.04 Å². The summed E-state index contributed by atoms with van der Waals surface area (Å²) < 4.78 is 28.6. The van der Waals surface area contributed by atoms with Crippen molar-refractivity contribution in [1.29, 1.82) is 0 Å². The third kappa shape index (κ3) is 6.12. The van der Waals surface area contributed by atoms with Gasteiger partial charge in [-0.3, -0.25) is 9.59 Å². The van der Waals surface area contributed by atoms with Crippen molar-refractivity contribution in [2.24, 2.45) is 10.9 Å². The average Bonchev–Trinajstić information content (AvgIpc) is 2.99. The minimum Gasteiger partial charge on any atom is -0.325 e. The highest BCUT2D eigenvalue weighted by Crippen LogP contribution is 2.27. The summed E-state index contributed by atoms with van der Waals surface area (Å²) in [4.78, 5) is 33.0. The molecule has 0 saturated heterocycles. The highest BCUT2D eigenvalue weighted by molar-refractivity contribution is 7.89. The van der Waals surface area contributed by atoms with Crippen molar-refractivity contribution in [3.05, 3.63) is 95.0 Å². The van der Waals surface area contributed by atoms with E-state index in [-0.39, 0.29) is 22.3 Å². The molecule has 0 radical (unpaired) electrons. The summed E-state index contributed by atoms with van der Waals surface area (Å²) in [6.07, 6.45) is -1.06. The lowest BCUT2D eigenvalue weighted by Gasteiger charge is -2.24. The molecule has 0 aliphatic carbocycles. The van der Waals surface area contributed by atoms with Gasteiger partial charge in [0.25, 0.3) is 5.91 Å². The van der Waals surface area contributed by atoms with Gasteiger partial charge in [-0.2, -0.15) is 4.72 Å². The largest absolute Gasteiger partial charge is 0.325 e. The minimum absolute atomic E-state index is 0.0204. The number of likely N-dealkylation sites (N-methyl/N-ethyl adjacent to an activating group) is 1. The average molecular weight is 553 g/mol. The van der Waals surface area contributed by atoms with Crippen molar-refractivity contribution < 1.29 is 18.0 Å². The van der Waals surface area contributed by atoms with Gasteiger partial charge in [0.15, 0.2) is 0 Å². The molecule has 1 aliphatic heterocycles. The Morgan fingerprint density at radius 2 is 1.71 bits per heavy atom. The first-order valence-electron chi connectivity index (χ1n) is 12.2. The zero-order chi connectivity index (χ0) is 27.4. The number of benzene rings is 3. The molecule has 8 nitrogen and oxygen atoms in total. The van der Waals surface area contributed by atoms with Crippen molar-refractivity contribution in [2.45, 2.75) is 37.4 Å². The summed E-state index contributed by atoms with van der Waals surface area (Å²) in [5.74, 6) is -1.12. The maximum Gasteiger partial charge on any atom is 0.272 e. The molecule has 1 aliphatic rings. The normalized spacial score (nSPS) is 16.4. The highest BCUT2D eigenvalue weighted by Gasteiger charge is 2.34. The van der Waals surface area contributed by atoms with Crippen molar-refractivity contribution in [1.82, 2.24) is 10.0 Å². The van der Waals surface area contributed by atoms with Crippen molar-refractivity contribution in [2.75, 3.05) is 11.9 Å². The van der Waals surface area contributed by atoms with Gasteiger partial charge in [0.05, 0.1) is 16.3 Å². The number of rotatable bonds is 8. The Morgan fingerprint density at radius 1 is 1.03 bits per heavy atom. The Labute approximate surface area is 227 Å². The first kappa shape index (κ1) is 27.5. The van der Waals surface area contributed by atoms with Crippen molar-refractivity contribution in [3.63, 3.8) is 0 Å². The van der Waals surface area contributed by atoms with E-state index in [1.165, 1.54) is 23.1 Å². The molecule has 2 atom stereocenters. The SMILES string of the molecule is CC(C)CC(NS(=O)(=O)c1cccc(Cl)c1)C(=O)NC1N=C(c2ccccc2)c2ccccc2N(C)C1=O. The fraction of sp³-hybridized carbons (Fsp3) is 0.250. The van der Waals surface area contributed by atoms with Gasteiger partial charge in [-0.15, -0.1) is 0 Å². The molecule has 2 N–H and O–H groups in total. The molecule has 1 heterocycles. The molecular formula is C28H29ClN4O4S. The van der Waals surface area contributed by atoms with Crippen LogP contribution in [0.1, 0.15) is 31.4 Å². The van der Waals surface area contributed by atoms with E-state index in [9.17, 15) is 18.0 Å². The summed E-state index contributed by atoms with van der Waals surface area (Å²) in [5.41, 5.74) is 2.72. The van der Waals surface area contributed by atoms with Gasteiger partial charge < -0.3 is 10.2 Å². The number of para-hydroxylation sites is 1. The predicted molar refractivity (Wildman–Crippen MR) is 149 cm³/mol. The van der Waals surface area contributed by atoms with Crippen LogP contribution in [0.3, 0.4) is 0 Å². The Morgan fingerprint density at radius 3 is 2.39 bits per heavy atom. The van der Waals surface area contributed by atoms with Crippen molar-refractivity contribution in [3.8, 4) is 0 Å². The van der Waals surface area contributed by atoms with Crippen LogP contribution in [-0.4, -0.2) is 45.2 Å². The molecule has 2 amide bonds. The first-order valence-corrected chi connectivity index (χ1v) is 14.0. The Balaban J connectivity index is 1.68. The van der Waals surface area contributed by atoms with Gasteiger partial charge in [0.2, 0.25) is 22.1 Å². The fourth-order valence-electron chi connectivity index (χ4n) is 4.25. The molecule has 0 fully saturated rings. The van der Waals surface area contributed by atoms with E-state index in [1.54, 1.807) is 13.1 Å². The van der Waals surface area contributed by atoms with Crippen LogP contribution in [0, 0.1) is 5.92 Å². The Kier molecular flexibility index (Phi) is 8.30.